The van der Waals surface area contributed by atoms with Gasteiger partial charge in [0.25, 0.3) is 0 Å². The molecule has 122 valence electrons. The minimum Gasteiger partial charge on any atom is -0.444 e. The van der Waals surface area contributed by atoms with Gasteiger partial charge in [-0.2, -0.15) is 4.98 Å². The number of carbonyl (C=O) groups excluding carboxylic acids is 1. The van der Waals surface area contributed by atoms with Crippen LogP contribution in [0.2, 0.25) is 0 Å². The Hall–Kier alpha value is -2.37. The summed E-state index contributed by atoms with van der Waals surface area (Å²) < 4.78 is 10.6. The molecule has 1 fully saturated rings. The van der Waals surface area contributed by atoms with Crippen LogP contribution in [0.15, 0.2) is 41.2 Å². The Bertz CT molecular complexity index is 649. The van der Waals surface area contributed by atoms with Gasteiger partial charge < -0.3 is 9.26 Å². The third-order valence-electron chi connectivity index (χ3n) is 3.73. The number of benzene rings is 1. The fourth-order valence-corrected chi connectivity index (χ4v) is 2.63. The second kappa shape index (κ2) is 6.02. The molecule has 1 aromatic heterocycles. The smallest absolute Gasteiger partial charge is 0.411 e. The third-order valence-corrected chi connectivity index (χ3v) is 3.73. The van der Waals surface area contributed by atoms with Gasteiger partial charge in [-0.25, -0.2) is 4.79 Å². The summed E-state index contributed by atoms with van der Waals surface area (Å²) in [7, 11) is 0. The number of aromatic nitrogens is 2. The van der Waals surface area contributed by atoms with Gasteiger partial charge in [-0.1, -0.05) is 35.5 Å². The number of carbonyl (C=O) groups is 1. The van der Waals surface area contributed by atoms with Gasteiger partial charge in [0.15, 0.2) is 6.33 Å². The monoisotopic (exact) mass is 315 g/mol. The molecule has 0 unspecified atom stereocenters. The Kier molecular flexibility index (Phi) is 4.07. The summed E-state index contributed by atoms with van der Waals surface area (Å²) in [6.07, 6.45) is 1.90. The van der Waals surface area contributed by atoms with Gasteiger partial charge in [-0.3, -0.25) is 4.90 Å². The van der Waals surface area contributed by atoms with E-state index in [4.69, 9.17) is 9.26 Å². The molecule has 0 aliphatic heterocycles. The molecule has 1 amide bonds. The summed E-state index contributed by atoms with van der Waals surface area (Å²) in [5, 5.41) is 3.60. The molecule has 2 aromatic rings. The molecule has 1 saturated carbocycles. The molecule has 0 saturated heterocycles. The average Bonchev–Trinajstić information content (AvgIpc) is 3.11. The highest BCUT2D eigenvalue weighted by molar-refractivity contribution is 5.69. The van der Waals surface area contributed by atoms with E-state index in [1.165, 1.54) is 11.9 Å². The van der Waals surface area contributed by atoms with Gasteiger partial charge in [0.05, 0.1) is 0 Å². The fraction of sp³-hybridized carbons (Fsp3) is 0.471. The van der Waals surface area contributed by atoms with Crippen LogP contribution in [0.5, 0.6) is 0 Å². The van der Waals surface area contributed by atoms with Gasteiger partial charge in [0, 0.05) is 12.0 Å². The van der Waals surface area contributed by atoms with Crippen molar-refractivity contribution in [3.63, 3.8) is 0 Å². The van der Waals surface area contributed by atoms with Crippen molar-refractivity contribution < 1.29 is 14.1 Å². The van der Waals surface area contributed by atoms with E-state index in [0.29, 0.717) is 11.8 Å². The van der Waals surface area contributed by atoms with Gasteiger partial charge in [-0.15, -0.1) is 0 Å². The maximum absolute atomic E-state index is 12.6. The molecule has 2 atom stereocenters. The quantitative estimate of drug-likeness (QED) is 0.865. The predicted octanol–water partition coefficient (Wildman–Crippen LogP) is 3.36. The summed E-state index contributed by atoms with van der Waals surface area (Å²) in [5.74, 6) is 0.737. The number of ether oxygens (including phenoxy) is 1. The summed E-state index contributed by atoms with van der Waals surface area (Å²) in [5.41, 5.74) is 0.693. The number of hydrogen-bond donors (Lipinski definition) is 0. The summed E-state index contributed by atoms with van der Waals surface area (Å²) in [6, 6.07) is 10.3. The zero-order valence-electron chi connectivity index (χ0n) is 13.6. The lowest BCUT2D eigenvalue weighted by atomic mass is 10.1. The van der Waals surface area contributed by atoms with Crippen LogP contribution < -0.4 is 0 Å². The van der Waals surface area contributed by atoms with Crippen LogP contribution >= 0.6 is 0 Å². The van der Waals surface area contributed by atoms with E-state index in [2.05, 4.69) is 22.3 Å². The fourth-order valence-electron chi connectivity index (χ4n) is 2.63. The highest BCUT2D eigenvalue weighted by Crippen LogP contribution is 2.45. The molecule has 1 aliphatic rings. The Balaban J connectivity index is 1.75. The highest BCUT2D eigenvalue weighted by Gasteiger charge is 2.46. The zero-order valence-corrected chi connectivity index (χ0v) is 13.6. The summed E-state index contributed by atoms with van der Waals surface area (Å²) >= 11 is 0. The maximum Gasteiger partial charge on any atom is 0.411 e. The topological polar surface area (TPSA) is 68.5 Å². The Morgan fingerprint density at radius 3 is 2.70 bits per heavy atom. The second-order valence-electron chi connectivity index (χ2n) is 6.76. The third kappa shape index (κ3) is 3.88. The van der Waals surface area contributed by atoms with E-state index in [1.807, 2.05) is 39.0 Å². The first-order chi connectivity index (χ1) is 10.9. The van der Waals surface area contributed by atoms with Crippen molar-refractivity contribution >= 4 is 6.09 Å². The molecule has 0 bridgehead atoms. The van der Waals surface area contributed by atoms with Crippen molar-refractivity contribution in [1.82, 2.24) is 15.0 Å². The van der Waals surface area contributed by atoms with Crippen molar-refractivity contribution in [2.45, 2.75) is 51.3 Å². The lowest BCUT2D eigenvalue weighted by molar-refractivity contribution is 0.0192. The molecular weight excluding hydrogens is 294 g/mol. The molecule has 0 N–H and O–H groups in total. The largest absolute Gasteiger partial charge is 0.444 e. The first-order valence-electron chi connectivity index (χ1n) is 7.74. The molecule has 0 radical (unpaired) electrons. The van der Waals surface area contributed by atoms with Gasteiger partial charge >= 0.3 is 6.09 Å². The molecule has 0 spiro atoms. The normalized spacial score (nSPS) is 20.1. The molecule has 6 nitrogen and oxygen atoms in total. The van der Waals surface area contributed by atoms with Crippen molar-refractivity contribution in [2.75, 3.05) is 0 Å². The second-order valence-corrected chi connectivity index (χ2v) is 6.76. The van der Waals surface area contributed by atoms with E-state index in [0.717, 1.165) is 6.42 Å². The van der Waals surface area contributed by atoms with Crippen LogP contribution in [0.3, 0.4) is 0 Å². The lowest BCUT2D eigenvalue weighted by Gasteiger charge is -2.27. The lowest BCUT2D eigenvalue weighted by Crippen LogP contribution is -2.38. The number of rotatable bonds is 4. The average molecular weight is 315 g/mol. The number of amides is 1. The molecule has 1 aliphatic carbocycles. The van der Waals surface area contributed by atoms with Crippen LogP contribution in [0.25, 0.3) is 0 Å². The summed E-state index contributed by atoms with van der Waals surface area (Å²) in [4.78, 5) is 18.3. The van der Waals surface area contributed by atoms with Crippen molar-refractivity contribution in [1.29, 1.82) is 0 Å². The zero-order chi connectivity index (χ0) is 16.4. The minimum absolute atomic E-state index is 0.0964. The first-order valence-corrected chi connectivity index (χ1v) is 7.74. The van der Waals surface area contributed by atoms with Gasteiger partial charge in [0.2, 0.25) is 5.89 Å². The highest BCUT2D eigenvalue weighted by atomic mass is 16.6. The molecule has 1 aromatic carbocycles. The molecule has 1 heterocycles. The summed E-state index contributed by atoms with van der Waals surface area (Å²) in [6.45, 7) is 5.84. The van der Waals surface area contributed by atoms with Crippen LogP contribution in [-0.4, -0.2) is 32.8 Å². The number of nitrogens with zero attached hydrogens (tertiary/aromatic N) is 3. The van der Waals surface area contributed by atoms with Gasteiger partial charge in [0.1, 0.15) is 12.1 Å². The van der Waals surface area contributed by atoms with Crippen LogP contribution in [0, 0.1) is 0 Å². The molecule has 3 rings (SSSR count). The van der Waals surface area contributed by atoms with Crippen molar-refractivity contribution in [3.8, 4) is 0 Å². The SMILES string of the molecule is CC(C)(C)OC(=O)N(Cc1ncno1)[C@@H]1C[C@H]1c1ccccc1. The Morgan fingerprint density at radius 1 is 1.35 bits per heavy atom. The first kappa shape index (κ1) is 15.5. The van der Waals surface area contributed by atoms with Crippen LogP contribution in [0.4, 0.5) is 4.79 Å². The number of hydrogen-bond acceptors (Lipinski definition) is 5. The van der Waals surface area contributed by atoms with E-state index >= 15 is 0 Å². The molecule has 23 heavy (non-hydrogen) atoms. The van der Waals surface area contributed by atoms with Gasteiger partial charge in [-0.05, 0) is 32.8 Å². The minimum atomic E-state index is -0.540. The predicted molar refractivity (Wildman–Crippen MR) is 83.7 cm³/mol. The van der Waals surface area contributed by atoms with E-state index < -0.39 is 5.60 Å². The van der Waals surface area contributed by atoms with Crippen molar-refractivity contribution in [3.05, 3.63) is 48.1 Å². The molecular formula is C17H21N3O3. The van der Waals surface area contributed by atoms with Crippen LogP contribution in [-0.2, 0) is 11.3 Å². The van der Waals surface area contributed by atoms with Crippen molar-refractivity contribution in [2.24, 2.45) is 0 Å². The maximum atomic E-state index is 12.6. The molecule has 6 heteroatoms. The van der Waals surface area contributed by atoms with Crippen LogP contribution in [0.1, 0.15) is 44.6 Å². The van der Waals surface area contributed by atoms with E-state index in [9.17, 15) is 4.79 Å². The Morgan fingerprint density at radius 2 is 2.09 bits per heavy atom. The Labute approximate surface area is 135 Å². The van der Waals surface area contributed by atoms with E-state index in [-0.39, 0.29) is 18.7 Å². The van der Waals surface area contributed by atoms with E-state index in [1.54, 1.807) is 4.90 Å². The standard InChI is InChI=1S/C17H21N3O3/c1-17(2,3)22-16(21)20(10-15-18-11-19-23-15)14-9-13(14)12-7-5-4-6-8-12/h4-8,11,13-14H,9-10H2,1-3H3/t13-,14+/m0/s1.